The molecule has 0 aliphatic rings. The Hall–Kier alpha value is -0.283. The zero-order valence-corrected chi connectivity index (χ0v) is 14.3. The van der Waals surface area contributed by atoms with Gasteiger partial charge in [-0.15, -0.1) is 0 Å². The lowest BCUT2D eigenvalue weighted by atomic mass is 10.1. The highest BCUT2D eigenvalue weighted by molar-refractivity contribution is 9.10. The van der Waals surface area contributed by atoms with Crippen molar-refractivity contribution in [1.29, 1.82) is 0 Å². The Morgan fingerprint density at radius 1 is 1.29 bits per heavy atom. The summed E-state index contributed by atoms with van der Waals surface area (Å²) in [4.78, 5) is 0. The van der Waals surface area contributed by atoms with Crippen LogP contribution in [0, 0.1) is 0 Å². The molecule has 1 rings (SSSR count). The first-order valence-electron chi connectivity index (χ1n) is 6.28. The minimum atomic E-state index is -0.690. The number of hydrogen-bond acceptors (Lipinski definition) is 1. The molecule has 0 bridgehead atoms. The van der Waals surface area contributed by atoms with Crippen LogP contribution in [0.1, 0.15) is 26.3 Å². The molecule has 1 aromatic rings. The molecule has 0 saturated carbocycles. The second kappa shape index (κ2) is 6.05. The topological polar surface area (TPSA) is 9.23 Å². The van der Waals surface area contributed by atoms with E-state index >= 15 is 0 Å². The quantitative estimate of drug-likeness (QED) is 0.718. The van der Waals surface area contributed by atoms with Gasteiger partial charge in [-0.05, 0) is 35.2 Å². The van der Waals surface area contributed by atoms with E-state index in [4.69, 9.17) is 4.74 Å². The maximum atomic E-state index is 6.02. The Balaban J connectivity index is 2.76. The summed E-state index contributed by atoms with van der Waals surface area (Å²) in [5, 5.41) is 0.345. The lowest BCUT2D eigenvalue weighted by Gasteiger charge is -2.28. The van der Waals surface area contributed by atoms with Crippen LogP contribution in [0.2, 0.25) is 18.1 Å². The number of halogens is 1. The molecule has 3 heteroatoms. The van der Waals surface area contributed by atoms with Crippen LogP contribution in [0.5, 0.6) is 5.75 Å². The van der Waals surface area contributed by atoms with E-state index in [9.17, 15) is 0 Å². The molecule has 17 heavy (non-hydrogen) atoms. The third-order valence-corrected chi connectivity index (χ3v) is 7.35. The largest absolute Gasteiger partial charge is 0.493 e. The molecule has 0 unspecified atom stereocenters. The monoisotopic (exact) mass is 314 g/mol. The van der Waals surface area contributed by atoms with Gasteiger partial charge >= 0.3 is 0 Å². The van der Waals surface area contributed by atoms with Crippen LogP contribution in [0.3, 0.4) is 0 Å². The van der Waals surface area contributed by atoms with E-state index in [0.29, 0.717) is 5.04 Å². The van der Waals surface area contributed by atoms with E-state index in [2.05, 4.69) is 61.9 Å². The van der Waals surface area contributed by atoms with Crippen molar-refractivity contribution in [2.45, 2.75) is 45.3 Å². The van der Waals surface area contributed by atoms with Crippen molar-refractivity contribution in [2.24, 2.45) is 0 Å². The molecule has 96 valence electrons. The van der Waals surface area contributed by atoms with Crippen LogP contribution >= 0.6 is 15.9 Å². The molecular formula is C14H23BrOSi. The normalized spacial score (nSPS) is 11.9. The van der Waals surface area contributed by atoms with Crippen molar-refractivity contribution in [3.8, 4) is 5.75 Å². The fourth-order valence-corrected chi connectivity index (χ4v) is 2.22. The van der Waals surface area contributed by atoms with Crippen molar-refractivity contribution in [1.82, 2.24) is 0 Å². The molecule has 0 saturated heterocycles. The van der Waals surface area contributed by atoms with Gasteiger partial charge in [0.15, 0.2) is 0 Å². The lowest BCUT2D eigenvalue weighted by molar-refractivity contribution is 0.274. The maximum Gasteiger partial charge on any atom is 0.122 e. The van der Waals surface area contributed by atoms with E-state index in [1.54, 1.807) is 0 Å². The predicted octanol–water partition coefficient (Wildman–Crippen LogP) is 4.66. The molecule has 0 spiro atoms. The summed E-state index contributed by atoms with van der Waals surface area (Å²) in [7, 11) is -0.690. The first-order valence-corrected chi connectivity index (χ1v) is 9.96. The minimum Gasteiger partial charge on any atom is -0.493 e. The fraction of sp³-hybridized carbons (Fsp3) is 0.571. The minimum absolute atomic E-state index is 0.345. The highest BCUT2D eigenvalue weighted by atomic mass is 79.9. The van der Waals surface area contributed by atoms with Gasteiger partial charge in [0, 0.05) is 13.3 Å². The highest BCUT2D eigenvalue weighted by Crippen LogP contribution is 2.31. The van der Waals surface area contributed by atoms with Crippen molar-refractivity contribution in [3.63, 3.8) is 0 Å². The number of aryl methyl sites for hydroxylation is 1. The fourth-order valence-electron chi connectivity index (χ4n) is 1.40. The number of benzene rings is 1. The van der Waals surface area contributed by atoms with Crippen LogP contribution in [0.25, 0.3) is 0 Å². The molecular weight excluding hydrogens is 292 g/mol. The summed E-state index contributed by atoms with van der Waals surface area (Å²) in [5.41, 5.74) is 1.28. The van der Waals surface area contributed by atoms with Crippen molar-refractivity contribution >= 4 is 24.7 Å². The molecule has 1 nitrogen and oxygen atoms in total. The van der Waals surface area contributed by atoms with Crippen LogP contribution < -0.4 is 4.74 Å². The summed E-state index contributed by atoms with van der Waals surface area (Å²) in [6.45, 7) is 12.4. The van der Waals surface area contributed by atoms with Gasteiger partial charge < -0.3 is 4.74 Å². The van der Waals surface area contributed by atoms with Crippen LogP contribution in [0.15, 0.2) is 22.7 Å². The van der Waals surface area contributed by atoms with E-state index < -0.39 is 8.80 Å². The molecule has 0 radical (unpaired) electrons. The Kier molecular flexibility index (Phi) is 5.26. The average molecular weight is 315 g/mol. The summed E-state index contributed by atoms with van der Waals surface area (Å²) >= 11 is 3.50. The van der Waals surface area contributed by atoms with E-state index in [1.807, 2.05) is 6.07 Å². The SMILES string of the molecule is CCc1cc(Br)ccc1OCC(C)(C)[SiH](C)C. The van der Waals surface area contributed by atoms with Crippen molar-refractivity contribution < 1.29 is 4.74 Å². The summed E-state index contributed by atoms with van der Waals surface area (Å²) < 4.78 is 7.15. The smallest absolute Gasteiger partial charge is 0.122 e. The maximum absolute atomic E-state index is 6.02. The van der Waals surface area contributed by atoms with Crippen molar-refractivity contribution in [3.05, 3.63) is 28.2 Å². The number of rotatable bonds is 5. The molecule has 0 amide bonds. The first kappa shape index (κ1) is 14.8. The molecule has 0 atom stereocenters. The molecule has 0 aliphatic heterocycles. The zero-order valence-electron chi connectivity index (χ0n) is 11.5. The number of hydrogen-bond donors (Lipinski definition) is 0. The third kappa shape index (κ3) is 4.14. The van der Waals surface area contributed by atoms with E-state index in [1.165, 1.54) is 5.56 Å². The van der Waals surface area contributed by atoms with Gasteiger partial charge in [-0.3, -0.25) is 0 Å². The molecule has 0 aromatic heterocycles. The van der Waals surface area contributed by atoms with Crippen LogP contribution in [-0.2, 0) is 6.42 Å². The Morgan fingerprint density at radius 2 is 1.94 bits per heavy atom. The Labute approximate surface area is 115 Å². The van der Waals surface area contributed by atoms with E-state index in [-0.39, 0.29) is 0 Å². The van der Waals surface area contributed by atoms with Crippen LogP contribution in [-0.4, -0.2) is 15.4 Å². The Morgan fingerprint density at radius 3 is 2.47 bits per heavy atom. The third-order valence-electron chi connectivity index (χ3n) is 3.57. The van der Waals surface area contributed by atoms with Gasteiger partial charge in [0.1, 0.15) is 5.75 Å². The van der Waals surface area contributed by atoms with Crippen molar-refractivity contribution in [2.75, 3.05) is 6.61 Å². The predicted molar refractivity (Wildman–Crippen MR) is 81.9 cm³/mol. The number of ether oxygens (including phenoxy) is 1. The van der Waals surface area contributed by atoms with Gasteiger partial charge in [-0.2, -0.15) is 0 Å². The van der Waals surface area contributed by atoms with Gasteiger partial charge in [0.05, 0.1) is 6.61 Å². The summed E-state index contributed by atoms with van der Waals surface area (Å²) in [6, 6.07) is 6.27. The van der Waals surface area contributed by atoms with Gasteiger partial charge in [0.2, 0.25) is 0 Å². The van der Waals surface area contributed by atoms with Gasteiger partial charge in [-0.25, -0.2) is 0 Å². The molecule has 0 fully saturated rings. The second-order valence-corrected chi connectivity index (χ2v) is 10.3. The molecule has 0 aliphatic carbocycles. The highest BCUT2D eigenvalue weighted by Gasteiger charge is 2.24. The average Bonchev–Trinajstić information content (AvgIpc) is 2.27. The molecule has 0 N–H and O–H groups in total. The molecule has 0 heterocycles. The lowest BCUT2D eigenvalue weighted by Crippen LogP contribution is -2.27. The second-order valence-electron chi connectivity index (χ2n) is 5.54. The van der Waals surface area contributed by atoms with E-state index in [0.717, 1.165) is 23.2 Å². The standard InChI is InChI=1S/C14H23BrOSi/c1-6-11-9-12(15)7-8-13(11)16-10-14(2,3)17(4)5/h7-9,17H,6,10H2,1-5H3. The van der Waals surface area contributed by atoms with Gasteiger partial charge in [0.25, 0.3) is 0 Å². The molecule has 1 aromatic carbocycles. The summed E-state index contributed by atoms with van der Waals surface area (Å²) in [6.07, 6.45) is 1.01. The Bertz CT molecular complexity index is 374. The van der Waals surface area contributed by atoms with Gasteiger partial charge in [-0.1, -0.05) is 49.8 Å². The zero-order chi connectivity index (χ0) is 13.1. The van der Waals surface area contributed by atoms with Crippen LogP contribution in [0.4, 0.5) is 0 Å². The first-order chi connectivity index (χ1) is 7.86. The summed E-state index contributed by atoms with van der Waals surface area (Å²) in [5.74, 6) is 1.04.